The van der Waals surface area contributed by atoms with Crippen LogP contribution in [-0.4, -0.2) is 49.4 Å². The van der Waals surface area contributed by atoms with E-state index in [9.17, 15) is 9.59 Å². The highest BCUT2D eigenvalue weighted by molar-refractivity contribution is 5.85. The van der Waals surface area contributed by atoms with E-state index in [-0.39, 0.29) is 30.2 Å². The third kappa shape index (κ3) is 5.43. The zero-order valence-electron chi connectivity index (χ0n) is 13.8. The van der Waals surface area contributed by atoms with Crippen molar-refractivity contribution in [3.8, 4) is 0 Å². The highest BCUT2D eigenvalue weighted by Crippen LogP contribution is 2.20. The van der Waals surface area contributed by atoms with Crippen molar-refractivity contribution in [3.63, 3.8) is 0 Å². The molecule has 2 heterocycles. The number of hydrogen-bond donors (Lipinski definition) is 2. The summed E-state index contributed by atoms with van der Waals surface area (Å²) in [7, 11) is 0. The lowest BCUT2D eigenvalue weighted by Gasteiger charge is -2.36. The molecule has 6 heteroatoms. The molecule has 0 spiro atoms. The second kappa shape index (κ2) is 9.36. The van der Waals surface area contributed by atoms with Crippen molar-refractivity contribution in [3.05, 3.63) is 0 Å². The number of halogens is 1. The minimum absolute atomic E-state index is 0. The molecule has 0 bridgehead atoms. The van der Waals surface area contributed by atoms with Crippen LogP contribution >= 0.6 is 12.4 Å². The van der Waals surface area contributed by atoms with Crippen molar-refractivity contribution < 1.29 is 9.59 Å². The van der Waals surface area contributed by atoms with Gasteiger partial charge in [0.05, 0.1) is 5.92 Å². The summed E-state index contributed by atoms with van der Waals surface area (Å²) in [5, 5.41) is 6.32. The van der Waals surface area contributed by atoms with Gasteiger partial charge in [-0.3, -0.25) is 9.59 Å². The first-order chi connectivity index (χ1) is 10.1. The van der Waals surface area contributed by atoms with E-state index < -0.39 is 0 Å². The van der Waals surface area contributed by atoms with Gasteiger partial charge in [0.25, 0.3) is 0 Å². The lowest BCUT2D eigenvalue weighted by molar-refractivity contribution is -0.137. The number of carbonyl (C=O) groups is 2. The smallest absolute Gasteiger partial charge is 0.226 e. The Labute approximate surface area is 140 Å². The Morgan fingerprint density at radius 3 is 2.68 bits per heavy atom. The van der Waals surface area contributed by atoms with Crippen LogP contribution in [0.2, 0.25) is 0 Å². The van der Waals surface area contributed by atoms with Crippen molar-refractivity contribution in [1.29, 1.82) is 0 Å². The van der Waals surface area contributed by atoms with Gasteiger partial charge in [-0.25, -0.2) is 0 Å². The van der Waals surface area contributed by atoms with Crippen LogP contribution in [0.1, 0.15) is 39.5 Å². The summed E-state index contributed by atoms with van der Waals surface area (Å²) in [5.41, 5.74) is 0. The monoisotopic (exact) mass is 331 g/mol. The molecule has 5 nitrogen and oxygen atoms in total. The van der Waals surface area contributed by atoms with Gasteiger partial charge in [0.15, 0.2) is 0 Å². The Kier molecular flexibility index (Phi) is 8.18. The molecule has 0 aromatic carbocycles. The van der Waals surface area contributed by atoms with Gasteiger partial charge in [-0.2, -0.15) is 0 Å². The average molecular weight is 332 g/mol. The molecule has 0 saturated carbocycles. The van der Waals surface area contributed by atoms with Gasteiger partial charge < -0.3 is 15.5 Å². The SMILES string of the molecule is CC(C)C(=O)NCC1CCCN(C(=O)C2CCCNC2)C1.Cl. The number of rotatable bonds is 4. The molecule has 2 aliphatic heterocycles. The van der Waals surface area contributed by atoms with Crippen molar-refractivity contribution >= 4 is 24.2 Å². The maximum absolute atomic E-state index is 12.5. The number of nitrogens with zero attached hydrogens (tertiary/aromatic N) is 1. The molecule has 0 aliphatic carbocycles. The standard InChI is InChI=1S/C16H29N3O2.ClH/c1-12(2)15(20)18-9-13-5-4-8-19(11-13)16(21)14-6-3-7-17-10-14;/h12-14,17H,3-11H2,1-2H3,(H,18,20);1H. The first-order valence-corrected chi connectivity index (χ1v) is 8.35. The van der Waals surface area contributed by atoms with Crippen LogP contribution in [-0.2, 0) is 9.59 Å². The first-order valence-electron chi connectivity index (χ1n) is 8.35. The molecule has 2 amide bonds. The molecule has 2 aliphatic rings. The molecular weight excluding hydrogens is 302 g/mol. The van der Waals surface area contributed by atoms with E-state index in [0.29, 0.717) is 18.4 Å². The van der Waals surface area contributed by atoms with E-state index in [0.717, 1.165) is 51.9 Å². The summed E-state index contributed by atoms with van der Waals surface area (Å²) >= 11 is 0. The van der Waals surface area contributed by atoms with Crippen molar-refractivity contribution in [2.45, 2.75) is 39.5 Å². The summed E-state index contributed by atoms with van der Waals surface area (Å²) in [6.45, 7) is 8.04. The molecule has 0 aromatic heterocycles. The topological polar surface area (TPSA) is 61.4 Å². The molecule has 22 heavy (non-hydrogen) atoms. The van der Waals surface area contributed by atoms with Gasteiger partial charge in [0.1, 0.15) is 0 Å². The number of piperidine rings is 2. The lowest BCUT2D eigenvalue weighted by atomic mass is 9.93. The normalized spacial score (nSPS) is 25.5. The van der Waals surface area contributed by atoms with E-state index in [1.54, 1.807) is 0 Å². The van der Waals surface area contributed by atoms with Crippen molar-refractivity contribution in [2.24, 2.45) is 17.8 Å². The molecule has 2 rings (SSSR count). The average Bonchev–Trinajstić information content (AvgIpc) is 2.53. The highest BCUT2D eigenvalue weighted by atomic mass is 35.5. The number of amides is 2. The summed E-state index contributed by atoms with van der Waals surface area (Å²) in [6, 6.07) is 0. The minimum atomic E-state index is 0. The molecular formula is C16H30ClN3O2. The molecule has 2 saturated heterocycles. The van der Waals surface area contributed by atoms with Crippen LogP contribution in [0.15, 0.2) is 0 Å². The van der Waals surface area contributed by atoms with Gasteiger partial charge >= 0.3 is 0 Å². The minimum Gasteiger partial charge on any atom is -0.356 e. The van der Waals surface area contributed by atoms with Gasteiger partial charge in [0, 0.05) is 32.1 Å². The summed E-state index contributed by atoms with van der Waals surface area (Å²) in [4.78, 5) is 26.2. The van der Waals surface area contributed by atoms with Crippen LogP contribution in [0.3, 0.4) is 0 Å². The maximum atomic E-state index is 12.5. The summed E-state index contributed by atoms with van der Waals surface area (Å²) in [6.07, 6.45) is 4.26. The van der Waals surface area contributed by atoms with Gasteiger partial charge in [-0.1, -0.05) is 13.8 Å². The molecule has 2 unspecified atom stereocenters. The van der Waals surface area contributed by atoms with Crippen LogP contribution in [0.5, 0.6) is 0 Å². The van der Waals surface area contributed by atoms with Crippen molar-refractivity contribution in [2.75, 3.05) is 32.7 Å². The van der Waals surface area contributed by atoms with E-state index >= 15 is 0 Å². The number of nitrogens with one attached hydrogen (secondary N) is 2. The molecule has 2 N–H and O–H groups in total. The fraction of sp³-hybridized carbons (Fsp3) is 0.875. The summed E-state index contributed by atoms with van der Waals surface area (Å²) in [5.74, 6) is 1.00. The van der Waals surface area contributed by atoms with E-state index in [1.807, 2.05) is 18.7 Å². The Hall–Kier alpha value is -0.810. The zero-order valence-corrected chi connectivity index (χ0v) is 14.6. The third-order valence-electron chi connectivity index (χ3n) is 4.57. The van der Waals surface area contributed by atoms with Crippen molar-refractivity contribution in [1.82, 2.24) is 15.5 Å². The molecule has 128 valence electrons. The Morgan fingerprint density at radius 1 is 1.27 bits per heavy atom. The predicted molar refractivity (Wildman–Crippen MR) is 90.0 cm³/mol. The van der Waals surface area contributed by atoms with Gasteiger partial charge in [-0.15, -0.1) is 12.4 Å². The van der Waals surface area contributed by atoms with Crippen LogP contribution in [0.4, 0.5) is 0 Å². The predicted octanol–water partition coefficient (Wildman–Crippen LogP) is 1.42. The molecule has 0 aromatic rings. The first kappa shape index (κ1) is 19.2. The Balaban J connectivity index is 0.00000242. The highest BCUT2D eigenvalue weighted by Gasteiger charge is 2.29. The summed E-state index contributed by atoms with van der Waals surface area (Å²) < 4.78 is 0. The zero-order chi connectivity index (χ0) is 15.2. The lowest BCUT2D eigenvalue weighted by Crippen LogP contribution is -2.48. The van der Waals surface area contributed by atoms with Gasteiger partial charge in [-0.05, 0) is 38.1 Å². The second-order valence-corrected chi connectivity index (χ2v) is 6.74. The maximum Gasteiger partial charge on any atom is 0.226 e. The van der Waals surface area contributed by atoms with Crippen LogP contribution < -0.4 is 10.6 Å². The van der Waals surface area contributed by atoms with Crippen LogP contribution in [0.25, 0.3) is 0 Å². The number of carbonyl (C=O) groups excluding carboxylic acids is 2. The fourth-order valence-corrected chi connectivity index (χ4v) is 3.20. The van der Waals surface area contributed by atoms with E-state index in [4.69, 9.17) is 0 Å². The third-order valence-corrected chi connectivity index (χ3v) is 4.57. The van der Waals surface area contributed by atoms with E-state index in [1.165, 1.54) is 0 Å². The fourth-order valence-electron chi connectivity index (χ4n) is 3.20. The van der Waals surface area contributed by atoms with E-state index in [2.05, 4.69) is 10.6 Å². The Morgan fingerprint density at radius 2 is 2.05 bits per heavy atom. The molecule has 2 fully saturated rings. The van der Waals surface area contributed by atoms with Crippen LogP contribution in [0, 0.1) is 17.8 Å². The quantitative estimate of drug-likeness (QED) is 0.819. The Bertz CT molecular complexity index is 370. The number of hydrogen-bond acceptors (Lipinski definition) is 3. The molecule has 0 radical (unpaired) electrons. The molecule has 2 atom stereocenters. The second-order valence-electron chi connectivity index (χ2n) is 6.74. The van der Waals surface area contributed by atoms with Gasteiger partial charge in [0.2, 0.25) is 11.8 Å². The number of likely N-dealkylation sites (tertiary alicyclic amines) is 1. The largest absolute Gasteiger partial charge is 0.356 e.